The van der Waals surface area contributed by atoms with E-state index in [0.717, 1.165) is 24.2 Å². The number of hydrogen-bond acceptors (Lipinski definition) is 3. The van der Waals surface area contributed by atoms with E-state index in [9.17, 15) is 9.59 Å². The first-order valence-electron chi connectivity index (χ1n) is 8.24. The normalized spacial score (nSPS) is 17.3. The van der Waals surface area contributed by atoms with Crippen molar-refractivity contribution in [2.75, 3.05) is 18.0 Å². The van der Waals surface area contributed by atoms with Crippen molar-refractivity contribution in [3.05, 3.63) is 48.5 Å². The molecule has 0 bridgehead atoms. The highest BCUT2D eigenvalue weighted by atomic mass is 16.2. The first-order valence-corrected chi connectivity index (χ1v) is 8.24. The fraction of sp³-hybridized carbons (Fsp3) is 0.389. The molecule has 1 atom stereocenters. The van der Waals surface area contributed by atoms with Gasteiger partial charge in [0.15, 0.2) is 0 Å². The molecule has 24 heavy (non-hydrogen) atoms. The molecule has 1 aliphatic rings. The lowest BCUT2D eigenvalue weighted by atomic mass is 10.1. The number of carbonyl (C=O) groups is 2. The van der Waals surface area contributed by atoms with E-state index in [-0.39, 0.29) is 24.2 Å². The summed E-state index contributed by atoms with van der Waals surface area (Å²) in [7, 11) is 0. The summed E-state index contributed by atoms with van der Waals surface area (Å²) >= 11 is 0. The van der Waals surface area contributed by atoms with Gasteiger partial charge in [-0.3, -0.25) is 9.59 Å². The summed E-state index contributed by atoms with van der Waals surface area (Å²) in [6.07, 6.45) is 6.52. The molecule has 0 aliphatic carbocycles. The van der Waals surface area contributed by atoms with Crippen LogP contribution in [0.2, 0.25) is 0 Å². The molecule has 0 saturated carbocycles. The predicted molar refractivity (Wildman–Crippen MR) is 91.5 cm³/mol. The van der Waals surface area contributed by atoms with Crippen molar-refractivity contribution in [2.24, 2.45) is 5.92 Å². The van der Waals surface area contributed by atoms with Gasteiger partial charge in [-0.05, 0) is 25.5 Å². The van der Waals surface area contributed by atoms with Crippen LogP contribution in [0.1, 0.15) is 18.4 Å². The van der Waals surface area contributed by atoms with Crippen molar-refractivity contribution in [3.63, 3.8) is 0 Å². The van der Waals surface area contributed by atoms with Gasteiger partial charge in [0.05, 0.1) is 12.2 Å². The third kappa shape index (κ3) is 3.82. The molecular weight excluding hydrogens is 304 g/mol. The molecule has 0 radical (unpaired) electrons. The van der Waals surface area contributed by atoms with E-state index in [4.69, 9.17) is 0 Å². The first-order chi connectivity index (χ1) is 11.6. The second kappa shape index (κ2) is 7.29. The van der Waals surface area contributed by atoms with Gasteiger partial charge in [-0.25, -0.2) is 4.98 Å². The number of hydrogen-bond donors (Lipinski definition) is 1. The van der Waals surface area contributed by atoms with Crippen molar-refractivity contribution in [2.45, 2.75) is 26.3 Å². The number of amides is 2. The zero-order chi connectivity index (χ0) is 16.9. The zero-order valence-electron chi connectivity index (χ0n) is 13.8. The number of anilines is 1. The van der Waals surface area contributed by atoms with E-state index in [1.54, 1.807) is 17.4 Å². The number of aryl methyl sites for hydroxylation is 2. The molecule has 126 valence electrons. The van der Waals surface area contributed by atoms with E-state index in [2.05, 4.69) is 10.3 Å². The van der Waals surface area contributed by atoms with E-state index in [1.165, 1.54) is 0 Å². The fourth-order valence-electron chi connectivity index (χ4n) is 2.89. The topological polar surface area (TPSA) is 67.2 Å². The Bertz CT molecular complexity index is 694. The lowest BCUT2D eigenvalue weighted by molar-refractivity contribution is -0.126. The highest BCUT2D eigenvalue weighted by molar-refractivity contribution is 6.00. The van der Waals surface area contributed by atoms with Crippen molar-refractivity contribution < 1.29 is 9.59 Å². The molecule has 1 saturated heterocycles. The van der Waals surface area contributed by atoms with Gasteiger partial charge in [0.25, 0.3) is 0 Å². The summed E-state index contributed by atoms with van der Waals surface area (Å²) in [5.74, 6) is -0.298. The Hall–Kier alpha value is -2.63. The average Bonchev–Trinajstić information content (AvgIpc) is 3.22. The van der Waals surface area contributed by atoms with Crippen LogP contribution in [0, 0.1) is 12.8 Å². The minimum atomic E-state index is -0.271. The third-order valence-corrected chi connectivity index (χ3v) is 4.29. The molecule has 1 aliphatic heterocycles. The maximum atomic E-state index is 12.3. The number of nitrogens with one attached hydrogen (secondary N) is 1. The molecule has 3 rings (SSSR count). The average molecular weight is 326 g/mol. The van der Waals surface area contributed by atoms with Gasteiger partial charge in [0.2, 0.25) is 11.8 Å². The van der Waals surface area contributed by atoms with Crippen molar-refractivity contribution in [1.82, 2.24) is 14.9 Å². The maximum Gasteiger partial charge on any atom is 0.227 e. The lowest BCUT2D eigenvalue weighted by Gasteiger charge is -2.17. The number of rotatable bonds is 6. The van der Waals surface area contributed by atoms with Crippen LogP contribution in [0.15, 0.2) is 43.0 Å². The second-order valence-corrected chi connectivity index (χ2v) is 6.19. The van der Waals surface area contributed by atoms with Gasteiger partial charge >= 0.3 is 0 Å². The van der Waals surface area contributed by atoms with E-state index in [1.807, 2.05) is 42.0 Å². The molecule has 1 aromatic heterocycles. The number of aromatic nitrogens is 2. The molecule has 2 aromatic rings. The van der Waals surface area contributed by atoms with Crippen LogP contribution in [0.4, 0.5) is 5.69 Å². The van der Waals surface area contributed by atoms with Gasteiger partial charge in [0.1, 0.15) is 0 Å². The summed E-state index contributed by atoms with van der Waals surface area (Å²) in [6.45, 7) is 3.89. The minimum Gasteiger partial charge on any atom is -0.356 e. The summed E-state index contributed by atoms with van der Waals surface area (Å²) < 4.78 is 1.98. The molecule has 2 amide bonds. The smallest absolute Gasteiger partial charge is 0.227 e. The van der Waals surface area contributed by atoms with Crippen LogP contribution in [0.3, 0.4) is 0 Å². The van der Waals surface area contributed by atoms with E-state index in [0.29, 0.717) is 13.1 Å². The predicted octanol–water partition coefficient (Wildman–Crippen LogP) is 1.75. The largest absolute Gasteiger partial charge is 0.356 e. The third-order valence-electron chi connectivity index (χ3n) is 4.29. The van der Waals surface area contributed by atoms with E-state index >= 15 is 0 Å². The van der Waals surface area contributed by atoms with Crippen LogP contribution < -0.4 is 10.2 Å². The molecule has 6 heteroatoms. The Kier molecular flexibility index (Phi) is 4.93. The molecule has 2 heterocycles. The molecule has 1 N–H and O–H groups in total. The highest BCUT2D eigenvalue weighted by Crippen LogP contribution is 2.25. The fourth-order valence-corrected chi connectivity index (χ4v) is 2.89. The van der Waals surface area contributed by atoms with E-state index < -0.39 is 0 Å². The quantitative estimate of drug-likeness (QED) is 0.823. The lowest BCUT2D eigenvalue weighted by Crippen LogP contribution is -2.33. The van der Waals surface area contributed by atoms with Gasteiger partial charge < -0.3 is 14.8 Å². The number of benzene rings is 1. The van der Waals surface area contributed by atoms with Crippen LogP contribution in [0.25, 0.3) is 0 Å². The van der Waals surface area contributed by atoms with Gasteiger partial charge in [-0.2, -0.15) is 0 Å². The molecule has 0 spiro atoms. The molecule has 1 aromatic carbocycles. The van der Waals surface area contributed by atoms with Crippen LogP contribution in [0.5, 0.6) is 0 Å². The SMILES string of the molecule is Cc1ccc(N2C[C@H](C(=O)NCCCn3ccnc3)CC2=O)cc1. The Labute approximate surface area is 141 Å². The summed E-state index contributed by atoms with van der Waals surface area (Å²) in [5, 5.41) is 2.94. The Morgan fingerprint density at radius 3 is 2.83 bits per heavy atom. The monoisotopic (exact) mass is 326 g/mol. The van der Waals surface area contributed by atoms with Crippen molar-refractivity contribution >= 4 is 17.5 Å². The minimum absolute atomic E-state index is 0.0115. The molecular formula is C18H22N4O2. The maximum absolute atomic E-state index is 12.3. The number of nitrogens with zero attached hydrogens (tertiary/aromatic N) is 3. The zero-order valence-corrected chi connectivity index (χ0v) is 13.8. The summed E-state index contributed by atoms with van der Waals surface area (Å²) in [4.78, 5) is 30.2. The second-order valence-electron chi connectivity index (χ2n) is 6.19. The summed E-state index contributed by atoms with van der Waals surface area (Å²) in [5.41, 5.74) is 2.01. The summed E-state index contributed by atoms with van der Waals surface area (Å²) in [6, 6.07) is 7.81. The van der Waals surface area contributed by atoms with Gasteiger partial charge in [-0.15, -0.1) is 0 Å². The molecule has 6 nitrogen and oxygen atoms in total. The Balaban J connectivity index is 1.47. The van der Waals surface area contributed by atoms with Gasteiger partial charge in [-0.1, -0.05) is 17.7 Å². The Morgan fingerprint density at radius 1 is 1.33 bits per heavy atom. The van der Waals surface area contributed by atoms with Crippen LogP contribution in [-0.2, 0) is 16.1 Å². The number of imidazole rings is 1. The van der Waals surface area contributed by atoms with Crippen molar-refractivity contribution in [3.8, 4) is 0 Å². The molecule has 0 unspecified atom stereocenters. The standard InChI is InChI=1S/C18H22N4O2/c1-14-3-5-16(6-4-14)22-12-15(11-17(22)23)18(24)20-7-2-9-21-10-8-19-13-21/h3-6,8,10,13,15H,2,7,9,11-12H2,1H3,(H,20,24)/t15-/m1/s1. The van der Waals surface area contributed by atoms with Crippen molar-refractivity contribution in [1.29, 1.82) is 0 Å². The first kappa shape index (κ1) is 16.2. The van der Waals surface area contributed by atoms with Crippen LogP contribution in [-0.4, -0.2) is 34.5 Å². The number of carbonyl (C=O) groups excluding carboxylic acids is 2. The highest BCUT2D eigenvalue weighted by Gasteiger charge is 2.34. The Morgan fingerprint density at radius 2 is 2.12 bits per heavy atom. The van der Waals surface area contributed by atoms with Gasteiger partial charge in [0, 0.05) is 44.1 Å². The van der Waals surface area contributed by atoms with Crippen LogP contribution >= 0.6 is 0 Å². The molecule has 1 fully saturated rings.